The van der Waals surface area contributed by atoms with Gasteiger partial charge in [0.25, 0.3) is 0 Å². The number of carbonyl (C=O) groups is 1. The summed E-state index contributed by atoms with van der Waals surface area (Å²) >= 11 is 3.35. The fourth-order valence-corrected chi connectivity index (χ4v) is 4.07. The highest BCUT2D eigenvalue weighted by Gasteiger charge is 2.30. The number of nitrogens with zero attached hydrogens (tertiary/aromatic N) is 4. The van der Waals surface area contributed by atoms with Gasteiger partial charge in [0, 0.05) is 11.5 Å². The standard InChI is InChI=1S/C15H15N5O3S3/c1-15(2,12(21)22)23-19-9(11-18-13(16)26-20-11)7-24-14-17-8-5-3-4-6-10(8)25-14/h3-7,24H,1-2H3,(H,21,22)(H2,16,18,20). The molecule has 2 heterocycles. The fraction of sp³-hybridized carbons (Fsp3) is 0.200. The molecular weight excluding hydrogens is 394 g/mol. The summed E-state index contributed by atoms with van der Waals surface area (Å²) < 4.78 is 6.06. The topological polar surface area (TPSA) is 124 Å². The van der Waals surface area contributed by atoms with Crippen LogP contribution in [0, 0.1) is 0 Å². The molecule has 3 aromatic rings. The molecule has 0 aliphatic heterocycles. The molecule has 8 nitrogen and oxygen atoms in total. The molecular formula is C15H15N5O3S3. The van der Waals surface area contributed by atoms with E-state index in [1.54, 1.807) is 16.7 Å². The number of carboxylic acid groups (broad SMARTS) is 1. The van der Waals surface area contributed by atoms with Crippen LogP contribution < -0.4 is 5.73 Å². The number of hydrogen-bond donors (Lipinski definition) is 3. The van der Waals surface area contributed by atoms with Crippen molar-refractivity contribution in [3.05, 3.63) is 30.1 Å². The summed E-state index contributed by atoms with van der Waals surface area (Å²) in [5.41, 5.74) is 5.38. The maximum absolute atomic E-state index is 11.2. The molecule has 11 heteroatoms. The molecule has 2 aromatic heterocycles. The van der Waals surface area contributed by atoms with Crippen LogP contribution in [0.15, 0.2) is 33.8 Å². The molecule has 0 saturated heterocycles. The lowest BCUT2D eigenvalue weighted by atomic mass is 10.1. The fourth-order valence-electron chi connectivity index (χ4n) is 1.70. The van der Waals surface area contributed by atoms with Crippen molar-refractivity contribution in [2.24, 2.45) is 5.16 Å². The first-order chi connectivity index (χ1) is 12.3. The predicted molar refractivity (Wildman–Crippen MR) is 107 cm³/mol. The molecule has 0 radical (unpaired) electrons. The maximum atomic E-state index is 11.2. The average molecular weight is 410 g/mol. The van der Waals surface area contributed by atoms with E-state index in [-0.39, 0.29) is 11.0 Å². The Bertz CT molecular complexity index is 976. The van der Waals surface area contributed by atoms with Gasteiger partial charge in [-0.2, -0.15) is 9.36 Å². The number of fused-ring (bicyclic) bond motifs is 1. The summed E-state index contributed by atoms with van der Waals surface area (Å²) in [7, 11) is 0. The molecule has 0 spiro atoms. The minimum atomic E-state index is -1.48. The van der Waals surface area contributed by atoms with Crippen molar-refractivity contribution in [3.63, 3.8) is 0 Å². The van der Waals surface area contributed by atoms with Gasteiger partial charge in [0.1, 0.15) is 4.34 Å². The third-order valence-corrected chi connectivity index (χ3v) is 5.80. The smallest absolute Gasteiger partial charge is 0.350 e. The number of anilines is 1. The number of rotatable bonds is 6. The van der Waals surface area contributed by atoms with Crippen LogP contribution >= 0.6 is 34.2 Å². The van der Waals surface area contributed by atoms with E-state index in [1.807, 2.05) is 24.3 Å². The van der Waals surface area contributed by atoms with Crippen LogP contribution in [-0.2, 0) is 9.63 Å². The third kappa shape index (κ3) is 4.23. The molecule has 0 fully saturated rings. The molecule has 0 saturated carbocycles. The van der Waals surface area contributed by atoms with Crippen molar-refractivity contribution in [1.29, 1.82) is 0 Å². The van der Waals surface area contributed by atoms with Crippen molar-refractivity contribution in [2.45, 2.75) is 23.8 Å². The van der Waals surface area contributed by atoms with Crippen LogP contribution in [0.2, 0.25) is 0 Å². The van der Waals surface area contributed by atoms with Gasteiger partial charge in [-0.25, -0.2) is 9.78 Å². The van der Waals surface area contributed by atoms with Crippen LogP contribution in [0.5, 0.6) is 0 Å². The number of para-hydroxylation sites is 1. The largest absolute Gasteiger partial charge is 0.478 e. The van der Waals surface area contributed by atoms with Crippen molar-refractivity contribution in [1.82, 2.24) is 14.3 Å². The Morgan fingerprint density at radius 1 is 1.38 bits per heavy atom. The van der Waals surface area contributed by atoms with Crippen molar-refractivity contribution >= 4 is 66.6 Å². The van der Waals surface area contributed by atoms with Crippen LogP contribution in [0.3, 0.4) is 0 Å². The molecule has 3 N–H and O–H groups in total. The Kier molecular flexibility index (Phi) is 5.30. The summed E-state index contributed by atoms with van der Waals surface area (Å²) in [6, 6.07) is 7.84. The van der Waals surface area contributed by atoms with E-state index in [0.29, 0.717) is 5.71 Å². The molecule has 0 aliphatic carbocycles. The lowest BCUT2D eigenvalue weighted by Gasteiger charge is -2.16. The Morgan fingerprint density at radius 3 is 2.81 bits per heavy atom. The second-order valence-electron chi connectivity index (χ2n) is 5.56. The van der Waals surface area contributed by atoms with Gasteiger partial charge in [0.2, 0.25) is 5.60 Å². The number of carboxylic acids is 1. The van der Waals surface area contributed by atoms with Gasteiger partial charge in [-0.05, 0) is 31.3 Å². The zero-order valence-corrected chi connectivity index (χ0v) is 16.3. The van der Waals surface area contributed by atoms with Gasteiger partial charge in [0.05, 0.1) is 10.2 Å². The van der Waals surface area contributed by atoms with Gasteiger partial charge in [-0.15, -0.1) is 22.7 Å². The summed E-state index contributed by atoms with van der Waals surface area (Å²) in [6.07, 6.45) is 0. The van der Waals surface area contributed by atoms with E-state index in [0.717, 1.165) is 37.4 Å². The molecule has 3 rings (SSSR count). The number of thiazole rings is 1. The molecule has 0 amide bonds. The van der Waals surface area contributed by atoms with E-state index < -0.39 is 11.6 Å². The minimum absolute atomic E-state index is 0.280. The summed E-state index contributed by atoms with van der Waals surface area (Å²) in [5.74, 6) is -0.850. The first-order valence-electron chi connectivity index (χ1n) is 7.34. The Hall–Kier alpha value is -2.37. The second kappa shape index (κ2) is 7.48. The highest BCUT2D eigenvalue weighted by Crippen LogP contribution is 2.26. The van der Waals surface area contributed by atoms with Gasteiger partial charge in [-0.1, -0.05) is 17.3 Å². The molecule has 136 valence electrons. The van der Waals surface area contributed by atoms with Gasteiger partial charge in [-0.3, -0.25) is 0 Å². The third-order valence-electron chi connectivity index (χ3n) is 3.14. The molecule has 0 bridgehead atoms. The van der Waals surface area contributed by atoms with Crippen LogP contribution in [0.25, 0.3) is 10.2 Å². The number of hydrogen-bond acceptors (Lipinski definition) is 9. The van der Waals surface area contributed by atoms with Crippen LogP contribution in [0.4, 0.5) is 5.13 Å². The number of nitrogens with two attached hydrogens (primary N) is 1. The average Bonchev–Trinajstić information content (AvgIpc) is 3.20. The Labute approximate surface area is 160 Å². The summed E-state index contributed by atoms with van der Waals surface area (Å²) in [5, 5.41) is 15.1. The van der Waals surface area contributed by atoms with Crippen molar-refractivity contribution < 1.29 is 14.7 Å². The van der Waals surface area contributed by atoms with Crippen molar-refractivity contribution in [3.8, 4) is 0 Å². The summed E-state index contributed by atoms with van der Waals surface area (Å²) in [6.45, 7) is 2.81. The monoisotopic (exact) mass is 409 g/mol. The maximum Gasteiger partial charge on any atom is 0.350 e. The SMILES string of the molecule is CC(C)(ON=C(C=[SH]c1nc2ccccc2s1)c1nsc(N)n1)C(=O)O. The Balaban J connectivity index is 1.91. The normalized spacial score (nSPS) is 13.1. The summed E-state index contributed by atoms with van der Waals surface area (Å²) in [4.78, 5) is 25.0. The van der Waals surface area contributed by atoms with E-state index in [2.05, 4.69) is 19.5 Å². The zero-order valence-electron chi connectivity index (χ0n) is 13.8. The Morgan fingerprint density at radius 2 is 2.15 bits per heavy atom. The lowest BCUT2D eigenvalue weighted by Crippen LogP contribution is -2.33. The number of thiol groups is 1. The quantitative estimate of drug-likeness (QED) is 0.247. The highest BCUT2D eigenvalue weighted by molar-refractivity contribution is 8.00. The van der Waals surface area contributed by atoms with E-state index >= 15 is 0 Å². The van der Waals surface area contributed by atoms with Crippen molar-refractivity contribution in [2.75, 3.05) is 5.73 Å². The van der Waals surface area contributed by atoms with E-state index in [4.69, 9.17) is 15.7 Å². The van der Waals surface area contributed by atoms with E-state index in [1.165, 1.54) is 13.8 Å². The number of aromatic nitrogens is 3. The number of nitrogen functional groups attached to an aromatic ring is 1. The molecule has 0 aliphatic rings. The number of benzene rings is 1. The van der Waals surface area contributed by atoms with E-state index in [9.17, 15) is 4.79 Å². The molecule has 0 unspecified atom stereocenters. The lowest BCUT2D eigenvalue weighted by molar-refractivity contribution is -0.161. The van der Waals surface area contributed by atoms with Gasteiger partial charge in [0.15, 0.2) is 16.7 Å². The zero-order chi connectivity index (χ0) is 18.7. The second-order valence-corrected chi connectivity index (χ2v) is 8.62. The minimum Gasteiger partial charge on any atom is -0.478 e. The van der Waals surface area contributed by atoms with Crippen LogP contribution in [-0.4, -0.2) is 42.1 Å². The number of aliphatic carboxylic acids is 1. The van der Waals surface area contributed by atoms with Crippen LogP contribution in [0.1, 0.15) is 19.7 Å². The van der Waals surface area contributed by atoms with Gasteiger partial charge >= 0.3 is 5.97 Å². The molecule has 0 atom stereocenters. The molecule has 26 heavy (non-hydrogen) atoms. The highest BCUT2D eigenvalue weighted by atomic mass is 32.2. The first-order valence-corrected chi connectivity index (χ1v) is 9.89. The predicted octanol–water partition coefficient (Wildman–Crippen LogP) is 2.64. The number of oxime groups is 1. The molecule has 1 aromatic carbocycles. The van der Waals surface area contributed by atoms with Gasteiger partial charge < -0.3 is 15.7 Å². The first kappa shape index (κ1) is 18.4.